The number of nitrogens with one attached hydrogen (secondary N) is 2. The summed E-state index contributed by atoms with van der Waals surface area (Å²) in [6, 6.07) is 12.0. The smallest absolute Gasteiger partial charge is 0.257 e. The maximum Gasteiger partial charge on any atom is 0.257 e. The maximum absolute atomic E-state index is 5.30. The van der Waals surface area contributed by atoms with E-state index in [1.54, 1.807) is 13.3 Å². The van der Waals surface area contributed by atoms with Crippen LogP contribution in [0.3, 0.4) is 0 Å². The molecule has 0 aliphatic carbocycles. The summed E-state index contributed by atoms with van der Waals surface area (Å²) < 4.78 is 10.6. The predicted molar refractivity (Wildman–Crippen MR) is 115 cm³/mol. The average molecular weight is 481 g/mol. The van der Waals surface area contributed by atoms with Crippen molar-refractivity contribution in [2.75, 3.05) is 13.6 Å². The van der Waals surface area contributed by atoms with Gasteiger partial charge >= 0.3 is 0 Å². The number of aromatic nitrogens is 2. The van der Waals surface area contributed by atoms with Gasteiger partial charge in [-0.05, 0) is 36.2 Å². The van der Waals surface area contributed by atoms with Crippen molar-refractivity contribution in [3.63, 3.8) is 0 Å². The van der Waals surface area contributed by atoms with E-state index in [2.05, 4.69) is 37.9 Å². The van der Waals surface area contributed by atoms with Crippen LogP contribution in [0.1, 0.15) is 24.1 Å². The molecule has 7 nitrogen and oxygen atoms in total. The Hall–Kier alpha value is -2.36. The SMILES string of the molecule is CCc1noc(-c2ccc(CCNC(=NC)NCc3ccco3)cc2)n1.I. The number of guanidine groups is 1. The van der Waals surface area contributed by atoms with Crippen molar-refractivity contribution in [1.29, 1.82) is 0 Å². The van der Waals surface area contributed by atoms with Crippen LogP contribution < -0.4 is 10.6 Å². The molecule has 0 bridgehead atoms. The summed E-state index contributed by atoms with van der Waals surface area (Å²) in [5.41, 5.74) is 2.16. The molecule has 0 atom stereocenters. The van der Waals surface area contributed by atoms with Crippen molar-refractivity contribution in [3.8, 4) is 11.5 Å². The van der Waals surface area contributed by atoms with E-state index in [0.717, 1.165) is 42.5 Å². The number of halogens is 1. The molecule has 0 fully saturated rings. The Labute approximate surface area is 175 Å². The molecular formula is C19H24IN5O2. The van der Waals surface area contributed by atoms with Crippen LogP contribution >= 0.6 is 24.0 Å². The first kappa shape index (κ1) is 20.9. The van der Waals surface area contributed by atoms with E-state index < -0.39 is 0 Å². The standard InChI is InChI=1S/C19H23N5O2.HI/c1-3-17-23-18(26-24-17)15-8-6-14(7-9-15)10-11-21-19(20-2)22-13-16-5-4-12-25-16;/h4-9,12H,3,10-11,13H2,1-2H3,(H2,20,21,22);1H. The molecule has 3 aromatic rings. The second kappa shape index (κ2) is 10.7. The van der Waals surface area contributed by atoms with Gasteiger partial charge in [-0.15, -0.1) is 24.0 Å². The van der Waals surface area contributed by atoms with Gasteiger partial charge in [-0.1, -0.05) is 24.2 Å². The van der Waals surface area contributed by atoms with E-state index >= 15 is 0 Å². The third kappa shape index (κ3) is 6.09. The molecule has 0 amide bonds. The van der Waals surface area contributed by atoms with Gasteiger partial charge in [0.2, 0.25) is 0 Å². The number of hydrogen-bond donors (Lipinski definition) is 2. The molecular weight excluding hydrogens is 457 g/mol. The lowest BCUT2D eigenvalue weighted by molar-refractivity contribution is 0.423. The molecule has 1 aromatic carbocycles. The number of furan rings is 1. The number of aliphatic imine (C=N–C) groups is 1. The van der Waals surface area contributed by atoms with Crippen LogP contribution in [0.2, 0.25) is 0 Å². The van der Waals surface area contributed by atoms with E-state index in [-0.39, 0.29) is 24.0 Å². The fourth-order valence-electron chi connectivity index (χ4n) is 2.46. The minimum Gasteiger partial charge on any atom is -0.467 e. The van der Waals surface area contributed by atoms with Gasteiger partial charge < -0.3 is 19.6 Å². The van der Waals surface area contributed by atoms with Gasteiger partial charge in [-0.3, -0.25) is 4.99 Å². The highest BCUT2D eigenvalue weighted by Crippen LogP contribution is 2.18. The summed E-state index contributed by atoms with van der Waals surface area (Å²) in [7, 11) is 1.75. The zero-order chi connectivity index (χ0) is 18.2. The third-order valence-corrected chi connectivity index (χ3v) is 3.93. The van der Waals surface area contributed by atoms with E-state index in [0.29, 0.717) is 12.4 Å². The van der Waals surface area contributed by atoms with Gasteiger partial charge in [0, 0.05) is 25.6 Å². The molecule has 0 saturated heterocycles. The molecule has 0 aliphatic heterocycles. The van der Waals surface area contributed by atoms with Gasteiger partial charge in [-0.25, -0.2) is 0 Å². The Balaban J connectivity index is 0.00000261. The minimum atomic E-state index is 0. The normalized spacial score (nSPS) is 11.1. The van der Waals surface area contributed by atoms with Gasteiger partial charge in [0.05, 0.1) is 12.8 Å². The number of aryl methyl sites for hydroxylation is 1. The van der Waals surface area contributed by atoms with Gasteiger partial charge in [0.15, 0.2) is 11.8 Å². The number of rotatable bonds is 7. The van der Waals surface area contributed by atoms with Gasteiger partial charge in [0.1, 0.15) is 5.76 Å². The van der Waals surface area contributed by atoms with E-state index in [9.17, 15) is 0 Å². The molecule has 27 heavy (non-hydrogen) atoms. The maximum atomic E-state index is 5.30. The molecule has 144 valence electrons. The second-order valence-electron chi connectivity index (χ2n) is 5.75. The van der Waals surface area contributed by atoms with Gasteiger partial charge in [-0.2, -0.15) is 4.98 Å². The van der Waals surface area contributed by atoms with Crippen LogP contribution in [0.4, 0.5) is 0 Å². The number of nitrogens with zero attached hydrogens (tertiary/aromatic N) is 3. The summed E-state index contributed by atoms with van der Waals surface area (Å²) in [6.45, 7) is 3.38. The Bertz CT molecular complexity index is 828. The Morgan fingerprint density at radius 1 is 1.15 bits per heavy atom. The van der Waals surface area contributed by atoms with Crippen LogP contribution in [0.25, 0.3) is 11.5 Å². The summed E-state index contributed by atoms with van der Waals surface area (Å²) in [5.74, 6) is 2.91. The van der Waals surface area contributed by atoms with E-state index in [4.69, 9.17) is 8.94 Å². The fourth-order valence-corrected chi connectivity index (χ4v) is 2.46. The Morgan fingerprint density at radius 3 is 2.59 bits per heavy atom. The molecule has 0 spiro atoms. The quantitative estimate of drug-likeness (QED) is 0.306. The van der Waals surface area contributed by atoms with Crippen LogP contribution in [0.5, 0.6) is 0 Å². The topological polar surface area (TPSA) is 88.5 Å². The first-order valence-corrected chi connectivity index (χ1v) is 8.67. The highest BCUT2D eigenvalue weighted by molar-refractivity contribution is 14.0. The molecule has 2 heterocycles. The lowest BCUT2D eigenvalue weighted by Crippen LogP contribution is -2.37. The van der Waals surface area contributed by atoms with Crippen LogP contribution in [0.15, 0.2) is 56.6 Å². The summed E-state index contributed by atoms with van der Waals surface area (Å²) in [4.78, 5) is 8.55. The van der Waals surface area contributed by atoms with Crippen molar-refractivity contribution in [2.24, 2.45) is 4.99 Å². The summed E-state index contributed by atoms with van der Waals surface area (Å²) in [5, 5.41) is 10.4. The Kier molecular flexibility index (Phi) is 8.31. The van der Waals surface area contributed by atoms with E-state index in [1.165, 1.54) is 5.56 Å². The second-order valence-corrected chi connectivity index (χ2v) is 5.75. The number of hydrogen-bond acceptors (Lipinski definition) is 5. The molecule has 2 N–H and O–H groups in total. The fraction of sp³-hybridized carbons (Fsp3) is 0.316. The lowest BCUT2D eigenvalue weighted by Gasteiger charge is -2.11. The zero-order valence-corrected chi connectivity index (χ0v) is 17.8. The molecule has 8 heteroatoms. The molecule has 3 rings (SSSR count). The third-order valence-electron chi connectivity index (χ3n) is 3.93. The van der Waals surface area contributed by atoms with Crippen LogP contribution in [0, 0.1) is 0 Å². The average Bonchev–Trinajstić information content (AvgIpc) is 3.36. The van der Waals surface area contributed by atoms with Crippen LogP contribution in [-0.4, -0.2) is 29.7 Å². The lowest BCUT2D eigenvalue weighted by atomic mass is 10.1. The largest absolute Gasteiger partial charge is 0.467 e. The Morgan fingerprint density at radius 2 is 1.96 bits per heavy atom. The zero-order valence-electron chi connectivity index (χ0n) is 15.4. The predicted octanol–water partition coefficient (Wildman–Crippen LogP) is 3.42. The molecule has 0 aliphatic rings. The van der Waals surface area contributed by atoms with Crippen molar-refractivity contribution in [3.05, 3.63) is 59.8 Å². The van der Waals surface area contributed by atoms with Crippen molar-refractivity contribution < 1.29 is 8.94 Å². The van der Waals surface area contributed by atoms with Crippen molar-refractivity contribution in [2.45, 2.75) is 26.3 Å². The molecule has 0 radical (unpaired) electrons. The number of benzene rings is 1. The van der Waals surface area contributed by atoms with E-state index in [1.807, 2.05) is 31.2 Å². The minimum absolute atomic E-state index is 0. The molecule has 2 aromatic heterocycles. The molecule has 0 unspecified atom stereocenters. The first-order chi connectivity index (χ1) is 12.8. The molecule has 0 saturated carbocycles. The highest BCUT2D eigenvalue weighted by atomic mass is 127. The highest BCUT2D eigenvalue weighted by Gasteiger charge is 2.07. The van der Waals surface area contributed by atoms with Crippen molar-refractivity contribution >= 4 is 29.9 Å². The van der Waals surface area contributed by atoms with Crippen LogP contribution in [-0.2, 0) is 19.4 Å². The first-order valence-electron chi connectivity index (χ1n) is 8.67. The summed E-state index contributed by atoms with van der Waals surface area (Å²) in [6.07, 6.45) is 3.31. The van der Waals surface area contributed by atoms with Gasteiger partial charge in [0.25, 0.3) is 5.89 Å². The summed E-state index contributed by atoms with van der Waals surface area (Å²) >= 11 is 0. The monoisotopic (exact) mass is 481 g/mol. The van der Waals surface area contributed by atoms with Crippen molar-refractivity contribution in [1.82, 2.24) is 20.8 Å².